The molecule has 8 heteroatoms. The van der Waals surface area contributed by atoms with E-state index in [1.54, 1.807) is 14.2 Å². The second-order valence-corrected chi connectivity index (χ2v) is 9.92. The molecule has 0 unspecified atom stereocenters. The number of rotatable bonds is 8. The van der Waals surface area contributed by atoms with Crippen LogP contribution in [0.25, 0.3) is 0 Å². The maximum Gasteiger partial charge on any atom is 0.325 e. The molecule has 0 atom stereocenters. The number of anilines is 1. The van der Waals surface area contributed by atoms with Crippen molar-refractivity contribution < 1.29 is 14.3 Å². The fraction of sp³-hybridized carbons (Fsp3) is 0.519. The molecule has 3 aliphatic heterocycles. The zero-order chi connectivity index (χ0) is 24.3. The van der Waals surface area contributed by atoms with Gasteiger partial charge in [-0.25, -0.2) is 4.79 Å². The normalized spacial score (nSPS) is 20.8. The maximum absolute atomic E-state index is 13.9. The molecule has 5 rings (SSSR count). The zero-order valence-electron chi connectivity index (χ0n) is 20.8. The number of hydrogen-bond acceptors (Lipinski definition) is 6. The zero-order valence-corrected chi connectivity index (χ0v) is 20.8. The third kappa shape index (κ3) is 5.02. The summed E-state index contributed by atoms with van der Waals surface area (Å²) in [6.45, 7) is 6.79. The lowest BCUT2D eigenvalue weighted by Gasteiger charge is -2.43. The third-order valence-electron chi connectivity index (χ3n) is 7.86. The molecule has 3 saturated heterocycles. The van der Waals surface area contributed by atoms with Crippen LogP contribution < -0.4 is 20.5 Å². The van der Waals surface area contributed by atoms with Crippen LogP contribution in [0.1, 0.15) is 29.9 Å². The van der Waals surface area contributed by atoms with E-state index in [1.807, 2.05) is 23.1 Å². The van der Waals surface area contributed by atoms with Crippen molar-refractivity contribution in [1.82, 2.24) is 20.7 Å². The number of carbonyl (C=O) groups excluding carboxylic acids is 1. The first-order valence-corrected chi connectivity index (χ1v) is 12.6. The van der Waals surface area contributed by atoms with Crippen molar-refractivity contribution in [3.05, 3.63) is 59.7 Å². The van der Waals surface area contributed by atoms with Gasteiger partial charge in [-0.05, 0) is 48.2 Å². The van der Waals surface area contributed by atoms with Gasteiger partial charge >= 0.3 is 6.03 Å². The smallest absolute Gasteiger partial charge is 0.325 e. The van der Waals surface area contributed by atoms with Crippen LogP contribution in [0.3, 0.4) is 0 Å². The second kappa shape index (κ2) is 10.5. The van der Waals surface area contributed by atoms with E-state index in [-0.39, 0.29) is 11.6 Å². The number of ether oxygens (including phenoxy) is 2. The fourth-order valence-corrected chi connectivity index (χ4v) is 5.65. The number of amides is 2. The van der Waals surface area contributed by atoms with Crippen LogP contribution in [-0.4, -0.2) is 81.5 Å². The first-order valence-electron chi connectivity index (χ1n) is 12.6. The Labute approximate surface area is 208 Å². The van der Waals surface area contributed by atoms with Gasteiger partial charge in [-0.1, -0.05) is 24.3 Å². The number of likely N-dealkylation sites (tertiary alicyclic amines) is 1. The predicted molar refractivity (Wildman–Crippen MR) is 137 cm³/mol. The van der Waals surface area contributed by atoms with Gasteiger partial charge in [-0.2, -0.15) is 0 Å². The number of hydrazine groups is 1. The Bertz CT molecular complexity index is 1000. The monoisotopic (exact) mass is 479 g/mol. The summed E-state index contributed by atoms with van der Waals surface area (Å²) in [6, 6.07) is 16.7. The molecule has 3 fully saturated rings. The molecule has 2 aromatic carbocycles. The van der Waals surface area contributed by atoms with Gasteiger partial charge in [-0.15, -0.1) is 0 Å². The average Bonchev–Trinajstić information content (AvgIpc) is 3.53. The van der Waals surface area contributed by atoms with Crippen LogP contribution in [0.4, 0.5) is 10.5 Å². The number of nitrogens with one attached hydrogen (secondary N) is 2. The number of methoxy groups -OCH3 is 2. The SMILES string of the molecule is COCCN1CCC2(CC1)CN(c1ccc(C3CNNC3)cc1)C(=O)N2Cc1cccc(OC)c1. The molecule has 2 aromatic rings. The second-order valence-electron chi connectivity index (χ2n) is 9.92. The lowest BCUT2D eigenvalue weighted by atomic mass is 9.86. The number of nitrogens with zero attached hydrogens (tertiary/aromatic N) is 3. The van der Waals surface area contributed by atoms with Crippen molar-refractivity contribution in [2.75, 3.05) is 65.0 Å². The van der Waals surface area contributed by atoms with Crippen molar-refractivity contribution in [2.24, 2.45) is 0 Å². The molecular formula is C27H37N5O3. The highest BCUT2D eigenvalue weighted by atomic mass is 16.5. The molecule has 188 valence electrons. The molecule has 0 aromatic heterocycles. The molecule has 3 heterocycles. The lowest BCUT2D eigenvalue weighted by Crippen LogP contribution is -2.54. The standard InChI is InChI=1S/C27H37N5O3/c1-34-15-14-30-12-10-27(11-13-30)20-31(24-8-6-22(7-9-24)23-17-28-29-18-23)26(33)32(27)19-21-4-3-5-25(16-21)35-2/h3-9,16,23,28-29H,10-15,17-20H2,1-2H3. The molecule has 0 radical (unpaired) electrons. The van der Waals surface area contributed by atoms with Crippen LogP contribution >= 0.6 is 0 Å². The van der Waals surface area contributed by atoms with Crippen LogP contribution in [-0.2, 0) is 11.3 Å². The first-order chi connectivity index (χ1) is 17.1. The van der Waals surface area contributed by atoms with Gasteiger partial charge in [0.25, 0.3) is 0 Å². The fourth-order valence-electron chi connectivity index (χ4n) is 5.65. The lowest BCUT2D eigenvalue weighted by molar-refractivity contribution is 0.0583. The van der Waals surface area contributed by atoms with Gasteiger partial charge in [-0.3, -0.25) is 15.8 Å². The Morgan fingerprint density at radius 2 is 1.77 bits per heavy atom. The summed E-state index contributed by atoms with van der Waals surface area (Å²) >= 11 is 0. The molecule has 35 heavy (non-hydrogen) atoms. The Balaban J connectivity index is 1.38. The maximum atomic E-state index is 13.9. The Hall–Kier alpha value is -2.65. The highest BCUT2D eigenvalue weighted by Crippen LogP contribution is 2.39. The largest absolute Gasteiger partial charge is 0.497 e. The van der Waals surface area contributed by atoms with Gasteiger partial charge in [0.2, 0.25) is 0 Å². The van der Waals surface area contributed by atoms with E-state index in [1.165, 1.54) is 5.56 Å². The number of benzene rings is 2. The minimum Gasteiger partial charge on any atom is -0.497 e. The van der Waals surface area contributed by atoms with E-state index in [0.29, 0.717) is 12.5 Å². The van der Waals surface area contributed by atoms with E-state index in [9.17, 15) is 4.79 Å². The summed E-state index contributed by atoms with van der Waals surface area (Å²) in [4.78, 5) is 20.5. The van der Waals surface area contributed by atoms with Gasteiger partial charge in [0, 0.05) is 58.0 Å². The number of urea groups is 1. The van der Waals surface area contributed by atoms with Crippen LogP contribution in [0.5, 0.6) is 5.75 Å². The Kier molecular flexibility index (Phi) is 7.24. The molecule has 0 bridgehead atoms. The van der Waals surface area contributed by atoms with Crippen molar-refractivity contribution in [1.29, 1.82) is 0 Å². The summed E-state index contributed by atoms with van der Waals surface area (Å²) in [5.41, 5.74) is 9.59. The van der Waals surface area contributed by atoms with Gasteiger partial charge in [0.05, 0.1) is 25.8 Å². The molecule has 3 aliphatic rings. The van der Waals surface area contributed by atoms with E-state index in [2.05, 4.69) is 51.0 Å². The summed E-state index contributed by atoms with van der Waals surface area (Å²) in [5, 5.41) is 0. The minimum atomic E-state index is -0.179. The van der Waals surface area contributed by atoms with Gasteiger partial charge in [0.1, 0.15) is 5.75 Å². The number of carbonyl (C=O) groups is 1. The van der Waals surface area contributed by atoms with Crippen LogP contribution in [0.15, 0.2) is 48.5 Å². The topological polar surface area (TPSA) is 69.3 Å². The minimum absolute atomic E-state index is 0.0927. The summed E-state index contributed by atoms with van der Waals surface area (Å²) in [5.74, 6) is 1.28. The van der Waals surface area contributed by atoms with Gasteiger partial charge < -0.3 is 19.3 Å². The van der Waals surface area contributed by atoms with E-state index in [4.69, 9.17) is 9.47 Å². The average molecular weight is 480 g/mol. The molecule has 2 amide bonds. The Morgan fingerprint density at radius 1 is 1.03 bits per heavy atom. The van der Waals surface area contributed by atoms with Crippen molar-refractivity contribution >= 4 is 11.7 Å². The molecule has 2 N–H and O–H groups in total. The molecule has 1 spiro atoms. The van der Waals surface area contributed by atoms with Crippen molar-refractivity contribution in [3.8, 4) is 5.75 Å². The molecule has 8 nitrogen and oxygen atoms in total. The van der Waals surface area contributed by atoms with Crippen LogP contribution in [0.2, 0.25) is 0 Å². The summed E-state index contributed by atoms with van der Waals surface area (Å²) in [6.07, 6.45) is 1.92. The predicted octanol–water partition coefficient (Wildman–Crippen LogP) is 2.81. The highest BCUT2D eigenvalue weighted by molar-refractivity contribution is 5.95. The number of hydrogen-bond donors (Lipinski definition) is 2. The summed E-state index contributed by atoms with van der Waals surface area (Å²) in [7, 11) is 3.43. The first kappa shape index (κ1) is 24.1. The molecule has 0 saturated carbocycles. The van der Waals surface area contributed by atoms with E-state index in [0.717, 1.165) is 75.7 Å². The van der Waals surface area contributed by atoms with E-state index < -0.39 is 0 Å². The van der Waals surface area contributed by atoms with Gasteiger partial charge in [0.15, 0.2) is 0 Å². The van der Waals surface area contributed by atoms with E-state index >= 15 is 0 Å². The van der Waals surface area contributed by atoms with Crippen molar-refractivity contribution in [2.45, 2.75) is 30.8 Å². The quantitative estimate of drug-likeness (QED) is 0.607. The Morgan fingerprint density at radius 3 is 2.46 bits per heavy atom. The third-order valence-corrected chi connectivity index (χ3v) is 7.86. The summed E-state index contributed by atoms with van der Waals surface area (Å²) < 4.78 is 10.7. The number of piperidine rings is 1. The molecular weight excluding hydrogens is 442 g/mol. The molecule has 0 aliphatic carbocycles. The van der Waals surface area contributed by atoms with Crippen LogP contribution in [0, 0.1) is 0 Å². The highest BCUT2D eigenvalue weighted by Gasteiger charge is 2.51. The van der Waals surface area contributed by atoms with Crippen molar-refractivity contribution in [3.63, 3.8) is 0 Å².